The average molecular weight is 365 g/mol. The van der Waals surface area contributed by atoms with Gasteiger partial charge in [-0.2, -0.15) is 0 Å². The number of halogens is 2. The molecule has 0 aliphatic heterocycles. The summed E-state index contributed by atoms with van der Waals surface area (Å²) in [5, 5.41) is 0. The van der Waals surface area contributed by atoms with Crippen LogP contribution in [0.5, 0.6) is 0 Å². The summed E-state index contributed by atoms with van der Waals surface area (Å²) in [6.07, 6.45) is 2.42. The molecule has 104 valence electrons. The van der Waals surface area contributed by atoms with E-state index in [4.69, 9.17) is 12.2 Å². The maximum absolute atomic E-state index is 13.7. The fourth-order valence-corrected chi connectivity index (χ4v) is 3.43. The third-order valence-corrected chi connectivity index (χ3v) is 4.74. The van der Waals surface area contributed by atoms with Gasteiger partial charge in [-0.15, -0.1) is 0 Å². The van der Waals surface area contributed by atoms with Crippen molar-refractivity contribution in [3.05, 3.63) is 27.2 Å². The van der Waals surface area contributed by atoms with Crippen molar-refractivity contribution in [2.75, 3.05) is 12.0 Å². The molecule has 0 amide bonds. The van der Waals surface area contributed by atoms with Crippen molar-refractivity contribution in [3.63, 3.8) is 0 Å². The zero-order chi connectivity index (χ0) is 14.2. The van der Waals surface area contributed by atoms with Crippen LogP contribution in [0, 0.1) is 10.6 Å². The molecule has 7 heteroatoms. The number of H-pyrrole nitrogens is 1. The first-order valence-corrected chi connectivity index (χ1v) is 8.72. The SMILES string of the molecule is CC(CCS(C)=O)n1c(=S)[nH]c2cc(Br)c(F)cc21. The van der Waals surface area contributed by atoms with E-state index >= 15 is 0 Å². The lowest BCUT2D eigenvalue weighted by Crippen LogP contribution is -2.09. The van der Waals surface area contributed by atoms with Crippen molar-refractivity contribution in [3.8, 4) is 0 Å². The number of imidazole rings is 1. The Balaban J connectivity index is 2.47. The van der Waals surface area contributed by atoms with Crippen LogP contribution >= 0.6 is 28.1 Å². The van der Waals surface area contributed by atoms with E-state index in [2.05, 4.69) is 20.9 Å². The van der Waals surface area contributed by atoms with E-state index in [1.165, 1.54) is 6.07 Å². The predicted molar refractivity (Wildman–Crippen MR) is 83.0 cm³/mol. The second-order valence-electron chi connectivity index (χ2n) is 4.50. The summed E-state index contributed by atoms with van der Waals surface area (Å²) in [5.41, 5.74) is 1.53. The first kappa shape index (κ1) is 14.9. The first-order valence-electron chi connectivity index (χ1n) is 5.79. The van der Waals surface area contributed by atoms with Gasteiger partial charge in [0.05, 0.1) is 15.5 Å². The zero-order valence-electron chi connectivity index (χ0n) is 10.6. The lowest BCUT2D eigenvalue weighted by molar-refractivity contribution is 0.538. The molecule has 2 atom stereocenters. The highest BCUT2D eigenvalue weighted by Gasteiger charge is 2.13. The topological polar surface area (TPSA) is 37.8 Å². The minimum atomic E-state index is -0.835. The molecule has 1 N–H and O–H groups in total. The number of hydrogen-bond donors (Lipinski definition) is 1. The molecule has 0 saturated heterocycles. The van der Waals surface area contributed by atoms with Gasteiger partial charge in [0.2, 0.25) is 0 Å². The van der Waals surface area contributed by atoms with Crippen LogP contribution in [0.2, 0.25) is 0 Å². The number of nitrogens with one attached hydrogen (secondary N) is 1. The van der Waals surface area contributed by atoms with Crippen molar-refractivity contribution in [1.29, 1.82) is 0 Å². The average Bonchev–Trinajstić information content (AvgIpc) is 2.62. The van der Waals surface area contributed by atoms with Gasteiger partial charge in [-0.25, -0.2) is 4.39 Å². The second-order valence-corrected chi connectivity index (χ2v) is 7.29. The largest absolute Gasteiger partial charge is 0.331 e. The van der Waals surface area contributed by atoms with Gasteiger partial charge in [-0.3, -0.25) is 4.21 Å². The summed E-state index contributed by atoms with van der Waals surface area (Å²) in [6, 6.07) is 3.22. The highest BCUT2D eigenvalue weighted by atomic mass is 79.9. The summed E-state index contributed by atoms with van der Waals surface area (Å²) in [4.78, 5) is 3.07. The lowest BCUT2D eigenvalue weighted by atomic mass is 10.2. The van der Waals surface area contributed by atoms with Gasteiger partial charge in [0.15, 0.2) is 4.77 Å². The van der Waals surface area contributed by atoms with Crippen LogP contribution in [0.15, 0.2) is 16.6 Å². The van der Waals surface area contributed by atoms with E-state index in [0.717, 1.165) is 17.5 Å². The predicted octanol–water partition coefficient (Wildman–Crippen LogP) is 3.93. The Kier molecular flexibility index (Phi) is 4.58. The number of rotatable bonds is 4. The molecule has 0 spiro atoms. The molecule has 0 radical (unpaired) electrons. The summed E-state index contributed by atoms with van der Waals surface area (Å²) >= 11 is 8.45. The number of aromatic amines is 1. The third kappa shape index (κ3) is 3.14. The van der Waals surface area contributed by atoms with E-state index in [1.54, 1.807) is 12.3 Å². The summed E-state index contributed by atoms with van der Waals surface area (Å²) in [6.45, 7) is 2.00. The van der Waals surface area contributed by atoms with Gasteiger partial charge in [0.25, 0.3) is 0 Å². The number of benzene rings is 1. The van der Waals surface area contributed by atoms with Crippen molar-refractivity contribution in [1.82, 2.24) is 9.55 Å². The van der Waals surface area contributed by atoms with Crippen LogP contribution in [0.3, 0.4) is 0 Å². The Morgan fingerprint density at radius 3 is 2.89 bits per heavy atom. The molecule has 19 heavy (non-hydrogen) atoms. The van der Waals surface area contributed by atoms with Crippen LogP contribution in [-0.4, -0.2) is 25.8 Å². The zero-order valence-corrected chi connectivity index (χ0v) is 13.8. The molecule has 1 aromatic carbocycles. The van der Waals surface area contributed by atoms with Crippen LogP contribution in [-0.2, 0) is 10.8 Å². The van der Waals surface area contributed by atoms with E-state index in [-0.39, 0.29) is 11.9 Å². The highest BCUT2D eigenvalue weighted by Crippen LogP contribution is 2.26. The molecule has 1 aromatic heterocycles. The van der Waals surface area contributed by atoms with Gasteiger partial charge in [0, 0.05) is 34.9 Å². The standard InChI is InChI=1S/C12H14BrFN2OS2/c1-7(3-4-19(2)17)16-11-6-9(14)8(13)5-10(11)15-12(16)18/h5-7H,3-4H2,1-2H3,(H,15,18). The van der Waals surface area contributed by atoms with E-state index in [0.29, 0.717) is 15.0 Å². The van der Waals surface area contributed by atoms with Crippen molar-refractivity contribution in [2.45, 2.75) is 19.4 Å². The summed E-state index contributed by atoms with van der Waals surface area (Å²) < 4.78 is 27.7. The quantitative estimate of drug-likeness (QED) is 0.834. The number of hydrogen-bond acceptors (Lipinski definition) is 2. The van der Waals surface area contributed by atoms with Gasteiger partial charge in [-0.1, -0.05) is 0 Å². The number of aromatic nitrogens is 2. The monoisotopic (exact) mass is 364 g/mol. The fourth-order valence-electron chi connectivity index (χ4n) is 2.02. The maximum Gasteiger partial charge on any atom is 0.178 e. The molecular formula is C12H14BrFN2OS2. The molecule has 0 aliphatic rings. The smallest absolute Gasteiger partial charge is 0.178 e. The fraction of sp³-hybridized carbons (Fsp3) is 0.417. The second kappa shape index (κ2) is 5.85. The highest BCUT2D eigenvalue weighted by molar-refractivity contribution is 9.10. The van der Waals surface area contributed by atoms with Gasteiger partial charge in [-0.05, 0) is 47.6 Å². The van der Waals surface area contributed by atoms with Gasteiger partial charge < -0.3 is 9.55 Å². The molecule has 1 heterocycles. The van der Waals surface area contributed by atoms with Gasteiger partial charge in [0.1, 0.15) is 5.82 Å². The van der Waals surface area contributed by atoms with E-state index in [1.807, 2.05) is 11.5 Å². The van der Waals surface area contributed by atoms with Gasteiger partial charge >= 0.3 is 0 Å². The Labute approximate surface area is 126 Å². The summed E-state index contributed by atoms with van der Waals surface area (Å²) in [5.74, 6) is 0.288. The Bertz CT molecular complexity index is 695. The minimum Gasteiger partial charge on any atom is -0.331 e. The molecular weight excluding hydrogens is 351 g/mol. The number of fused-ring (bicyclic) bond motifs is 1. The Morgan fingerprint density at radius 2 is 2.26 bits per heavy atom. The molecule has 2 unspecified atom stereocenters. The molecule has 0 fully saturated rings. The van der Waals surface area contributed by atoms with Crippen LogP contribution in [0.1, 0.15) is 19.4 Å². The van der Waals surface area contributed by atoms with Crippen molar-refractivity contribution in [2.24, 2.45) is 0 Å². The summed E-state index contributed by atoms with van der Waals surface area (Å²) in [7, 11) is -0.835. The third-order valence-electron chi connectivity index (χ3n) is 3.02. The molecule has 3 nitrogen and oxygen atoms in total. The van der Waals surface area contributed by atoms with Crippen LogP contribution in [0.4, 0.5) is 4.39 Å². The van der Waals surface area contributed by atoms with E-state index < -0.39 is 10.8 Å². The van der Waals surface area contributed by atoms with Crippen LogP contribution in [0.25, 0.3) is 11.0 Å². The van der Waals surface area contributed by atoms with Crippen LogP contribution < -0.4 is 0 Å². The Morgan fingerprint density at radius 1 is 1.58 bits per heavy atom. The Hall–Kier alpha value is -0.530. The molecule has 2 aromatic rings. The number of nitrogens with zero attached hydrogens (tertiary/aromatic N) is 1. The van der Waals surface area contributed by atoms with Crippen molar-refractivity contribution < 1.29 is 8.60 Å². The lowest BCUT2D eigenvalue weighted by Gasteiger charge is -2.14. The van der Waals surface area contributed by atoms with E-state index in [9.17, 15) is 8.60 Å². The maximum atomic E-state index is 13.7. The molecule has 0 aliphatic carbocycles. The molecule has 2 rings (SSSR count). The first-order chi connectivity index (χ1) is 8.90. The normalized spacial score (nSPS) is 14.7. The minimum absolute atomic E-state index is 0.0747. The molecule has 0 bridgehead atoms. The molecule has 0 saturated carbocycles. The van der Waals surface area contributed by atoms with Crippen molar-refractivity contribution >= 4 is 50.0 Å².